The van der Waals surface area contributed by atoms with Gasteiger partial charge < -0.3 is 5.73 Å². The third-order valence-corrected chi connectivity index (χ3v) is 5.22. The van der Waals surface area contributed by atoms with E-state index in [0.29, 0.717) is 5.41 Å². The molecule has 100 valence electrons. The standard InChI is InChI=1S/C16H25NS/c1-15(2)8-10-16(17,11-9-15)12-13-18-14-6-4-3-5-7-14/h3-7H,8-13,17H2,1-2H3. The first kappa shape index (κ1) is 14.0. The number of hydrogen-bond acceptors (Lipinski definition) is 2. The van der Waals surface area contributed by atoms with Crippen molar-refractivity contribution in [2.24, 2.45) is 11.1 Å². The lowest BCUT2D eigenvalue weighted by Gasteiger charge is -2.41. The largest absolute Gasteiger partial charge is 0.325 e. The molecule has 1 aliphatic rings. The fraction of sp³-hybridized carbons (Fsp3) is 0.625. The average molecular weight is 263 g/mol. The average Bonchev–Trinajstić information content (AvgIpc) is 2.35. The van der Waals surface area contributed by atoms with Crippen LogP contribution in [0.25, 0.3) is 0 Å². The van der Waals surface area contributed by atoms with E-state index >= 15 is 0 Å². The van der Waals surface area contributed by atoms with Crippen molar-refractivity contribution >= 4 is 11.8 Å². The second kappa shape index (κ2) is 5.66. The first-order chi connectivity index (χ1) is 8.49. The van der Waals surface area contributed by atoms with Crippen LogP contribution in [0.2, 0.25) is 0 Å². The molecule has 2 heteroatoms. The van der Waals surface area contributed by atoms with Crippen molar-refractivity contribution in [1.29, 1.82) is 0 Å². The third kappa shape index (κ3) is 4.03. The van der Waals surface area contributed by atoms with Gasteiger partial charge in [0.05, 0.1) is 0 Å². The maximum Gasteiger partial charge on any atom is 0.0162 e. The predicted molar refractivity (Wildman–Crippen MR) is 81.0 cm³/mol. The van der Waals surface area contributed by atoms with Crippen LogP contribution < -0.4 is 5.73 Å². The summed E-state index contributed by atoms with van der Waals surface area (Å²) in [4.78, 5) is 1.36. The molecular weight excluding hydrogens is 238 g/mol. The van der Waals surface area contributed by atoms with Crippen LogP contribution in [0.5, 0.6) is 0 Å². The summed E-state index contributed by atoms with van der Waals surface area (Å²) >= 11 is 1.93. The molecule has 1 aromatic carbocycles. The molecule has 1 fully saturated rings. The van der Waals surface area contributed by atoms with E-state index < -0.39 is 0 Å². The topological polar surface area (TPSA) is 26.0 Å². The van der Waals surface area contributed by atoms with Crippen LogP contribution in [0.4, 0.5) is 0 Å². The zero-order chi connectivity index (χ0) is 13.1. The van der Waals surface area contributed by atoms with Crippen LogP contribution in [0.15, 0.2) is 35.2 Å². The minimum atomic E-state index is 0.0945. The minimum Gasteiger partial charge on any atom is -0.325 e. The predicted octanol–water partition coefficient (Wildman–Crippen LogP) is 4.47. The number of benzene rings is 1. The normalized spacial score (nSPS) is 21.7. The van der Waals surface area contributed by atoms with Crippen molar-refractivity contribution in [3.8, 4) is 0 Å². The third-order valence-electron chi connectivity index (χ3n) is 4.21. The molecule has 0 unspecified atom stereocenters. The Morgan fingerprint density at radius 2 is 1.67 bits per heavy atom. The Morgan fingerprint density at radius 3 is 2.28 bits per heavy atom. The Labute approximate surface area is 116 Å². The van der Waals surface area contributed by atoms with Gasteiger partial charge in [0.1, 0.15) is 0 Å². The SMILES string of the molecule is CC1(C)CCC(N)(CCSc2ccccc2)CC1. The van der Waals surface area contributed by atoms with Crippen LogP contribution in [-0.4, -0.2) is 11.3 Å². The zero-order valence-electron chi connectivity index (χ0n) is 11.6. The van der Waals surface area contributed by atoms with Gasteiger partial charge in [-0.25, -0.2) is 0 Å². The van der Waals surface area contributed by atoms with Crippen molar-refractivity contribution in [3.63, 3.8) is 0 Å². The van der Waals surface area contributed by atoms with Crippen molar-refractivity contribution in [2.75, 3.05) is 5.75 Å². The number of hydrogen-bond donors (Lipinski definition) is 1. The van der Waals surface area contributed by atoms with E-state index in [1.165, 1.54) is 30.6 Å². The quantitative estimate of drug-likeness (QED) is 0.811. The maximum absolute atomic E-state index is 6.53. The summed E-state index contributed by atoms with van der Waals surface area (Å²) in [5, 5.41) is 0. The molecule has 0 spiro atoms. The second-order valence-electron chi connectivity index (χ2n) is 6.44. The van der Waals surface area contributed by atoms with Crippen LogP contribution in [0, 0.1) is 5.41 Å². The molecule has 1 saturated carbocycles. The molecule has 2 rings (SSSR count). The summed E-state index contributed by atoms with van der Waals surface area (Å²) in [6.45, 7) is 4.73. The van der Waals surface area contributed by atoms with E-state index in [1.54, 1.807) is 0 Å². The molecule has 0 saturated heterocycles. The molecule has 0 atom stereocenters. The van der Waals surface area contributed by atoms with E-state index in [4.69, 9.17) is 5.73 Å². The van der Waals surface area contributed by atoms with E-state index in [-0.39, 0.29) is 5.54 Å². The molecule has 2 N–H and O–H groups in total. The molecule has 1 aromatic rings. The summed E-state index contributed by atoms with van der Waals surface area (Å²) in [5.41, 5.74) is 7.13. The number of thioether (sulfide) groups is 1. The van der Waals surface area contributed by atoms with Gasteiger partial charge in [0.2, 0.25) is 0 Å². The van der Waals surface area contributed by atoms with Gasteiger partial charge in [0.25, 0.3) is 0 Å². The molecule has 0 aliphatic heterocycles. The van der Waals surface area contributed by atoms with Crippen molar-refractivity contribution in [3.05, 3.63) is 30.3 Å². The van der Waals surface area contributed by atoms with E-state index in [1.807, 2.05) is 11.8 Å². The first-order valence-electron chi connectivity index (χ1n) is 6.96. The van der Waals surface area contributed by atoms with E-state index in [0.717, 1.165) is 12.2 Å². The Balaban J connectivity index is 1.77. The highest BCUT2D eigenvalue weighted by Gasteiger charge is 2.34. The van der Waals surface area contributed by atoms with Gasteiger partial charge in [-0.3, -0.25) is 0 Å². The number of rotatable bonds is 4. The molecular formula is C16H25NS. The highest BCUT2D eigenvalue weighted by atomic mass is 32.2. The molecule has 1 nitrogen and oxygen atoms in total. The summed E-state index contributed by atoms with van der Waals surface area (Å²) < 4.78 is 0. The monoisotopic (exact) mass is 263 g/mol. The van der Waals surface area contributed by atoms with Crippen molar-refractivity contribution in [1.82, 2.24) is 0 Å². The maximum atomic E-state index is 6.53. The smallest absolute Gasteiger partial charge is 0.0162 e. The lowest BCUT2D eigenvalue weighted by atomic mass is 9.69. The van der Waals surface area contributed by atoms with Gasteiger partial charge in [-0.15, -0.1) is 11.8 Å². The Hall–Kier alpha value is -0.470. The fourth-order valence-electron chi connectivity index (χ4n) is 2.56. The molecule has 0 aromatic heterocycles. The van der Waals surface area contributed by atoms with Crippen LogP contribution in [-0.2, 0) is 0 Å². The van der Waals surface area contributed by atoms with Crippen LogP contribution in [0.3, 0.4) is 0 Å². The Bertz CT molecular complexity index is 362. The molecule has 0 heterocycles. The first-order valence-corrected chi connectivity index (χ1v) is 7.95. The Kier molecular flexibility index (Phi) is 4.39. The van der Waals surface area contributed by atoms with E-state index in [9.17, 15) is 0 Å². The summed E-state index contributed by atoms with van der Waals surface area (Å²) in [7, 11) is 0. The lowest BCUT2D eigenvalue weighted by molar-refractivity contribution is 0.162. The van der Waals surface area contributed by atoms with Gasteiger partial charge in [-0.1, -0.05) is 32.0 Å². The molecule has 0 radical (unpaired) electrons. The summed E-state index contributed by atoms with van der Waals surface area (Å²) in [6.07, 6.45) is 6.08. The minimum absolute atomic E-state index is 0.0945. The number of nitrogens with two attached hydrogens (primary N) is 1. The fourth-order valence-corrected chi connectivity index (χ4v) is 3.66. The molecule has 1 aliphatic carbocycles. The molecule has 0 amide bonds. The lowest BCUT2D eigenvalue weighted by Crippen LogP contribution is -2.45. The van der Waals surface area contributed by atoms with Crippen molar-refractivity contribution < 1.29 is 0 Å². The van der Waals surface area contributed by atoms with Gasteiger partial charge in [0, 0.05) is 10.4 Å². The zero-order valence-corrected chi connectivity index (χ0v) is 12.4. The van der Waals surface area contributed by atoms with Gasteiger partial charge in [-0.2, -0.15) is 0 Å². The van der Waals surface area contributed by atoms with Crippen molar-refractivity contribution in [2.45, 2.75) is 56.4 Å². The van der Waals surface area contributed by atoms with Gasteiger partial charge in [-0.05, 0) is 55.4 Å². The van der Waals surface area contributed by atoms with E-state index in [2.05, 4.69) is 44.2 Å². The second-order valence-corrected chi connectivity index (χ2v) is 7.61. The summed E-state index contributed by atoms with van der Waals surface area (Å²) in [6, 6.07) is 10.6. The Morgan fingerprint density at radius 1 is 1.06 bits per heavy atom. The van der Waals surface area contributed by atoms with Crippen LogP contribution in [0.1, 0.15) is 46.0 Å². The van der Waals surface area contributed by atoms with Gasteiger partial charge >= 0.3 is 0 Å². The highest BCUT2D eigenvalue weighted by molar-refractivity contribution is 7.99. The van der Waals surface area contributed by atoms with Crippen LogP contribution >= 0.6 is 11.8 Å². The summed E-state index contributed by atoms with van der Waals surface area (Å²) in [5.74, 6) is 1.14. The highest BCUT2D eigenvalue weighted by Crippen LogP contribution is 2.41. The molecule has 18 heavy (non-hydrogen) atoms. The molecule has 0 bridgehead atoms. The van der Waals surface area contributed by atoms with Gasteiger partial charge in [0.15, 0.2) is 0 Å².